The Hall–Kier alpha value is -1.09. The number of nitrogens with zero attached hydrogens (tertiary/aromatic N) is 2. The van der Waals surface area contributed by atoms with E-state index < -0.39 is 0 Å². The van der Waals surface area contributed by atoms with Gasteiger partial charge in [0, 0.05) is 0 Å². The fourth-order valence-electron chi connectivity index (χ4n) is 1.16. The fraction of sp³-hybridized carbons (Fsp3) is 0.100. The van der Waals surface area contributed by atoms with Crippen molar-refractivity contribution >= 4 is 15.9 Å². The summed E-state index contributed by atoms with van der Waals surface area (Å²) in [7, 11) is 0. The second-order valence-electron chi connectivity index (χ2n) is 2.90. The van der Waals surface area contributed by atoms with Crippen molar-refractivity contribution in [1.82, 2.24) is 9.78 Å². The van der Waals surface area contributed by atoms with Crippen molar-refractivity contribution in [1.29, 1.82) is 0 Å². The highest BCUT2D eigenvalue weighted by Gasteiger charge is 1.99. The first-order valence-electron chi connectivity index (χ1n) is 4.04. The van der Waals surface area contributed by atoms with Gasteiger partial charge in [0.2, 0.25) is 0 Å². The first kappa shape index (κ1) is 8.51. The number of aryl methyl sites for hydroxylation is 1. The molecule has 2 nitrogen and oxygen atoms in total. The van der Waals surface area contributed by atoms with Gasteiger partial charge in [-0.3, -0.25) is 0 Å². The molecule has 0 aliphatic carbocycles. The lowest BCUT2D eigenvalue weighted by atomic mass is 10.2. The highest BCUT2D eigenvalue weighted by atomic mass is 79.9. The average Bonchev–Trinajstić information content (AvgIpc) is 2.53. The zero-order chi connectivity index (χ0) is 9.26. The zero-order valence-corrected chi connectivity index (χ0v) is 8.82. The molecule has 0 N–H and O–H groups in total. The summed E-state index contributed by atoms with van der Waals surface area (Å²) in [5.41, 5.74) is 2.33. The fourth-order valence-corrected chi connectivity index (χ4v) is 1.58. The van der Waals surface area contributed by atoms with Gasteiger partial charge in [0.1, 0.15) is 4.60 Å². The van der Waals surface area contributed by atoms with Crippen LogP contribution in [0.4, 0.5) is 0 Å². The molecular formula is C10H9BrN2. The third-order valence-electron chi connectivity index (χ3n) is 1.88. The number of rotatable bonds is 1. The van der Waals surface area contributed by atoms with Gasteiger partial charge < -0.3 is 0 Å². The molecule has 0 spiro atoms. The molecule has 1 aromatic carbocycles. The molecule has 66 valence electrons. The van der Waals surface area contributed by atoms with E-state index in [0.29, 0.717) is 0 Å². The first-order chi connectivity index (χ1) is 6.27. The summed E-state index contributed by atoms with van der Waals surface area (Å²) >= 11 is 3.42. The molecule has 0 amide bonds. The molecule has 0 unspecified atom stereocenters. The van der Waals surface area contributed by atoms with Gasteiger partial charge in [-0.1, -0.05) is 17.7 Å². The van der Waals surface area contributed by atoms with Crippen LogP contribution in [0, 0.1) is 6.92 Å². The van der Waals surface area contributed by atoms with Gasteiger partial charge in [-0.25, -0.2) is 4.68 Å². The third-order valence-corrected chi connectivity index (χ3v) is 2.48. The van der Waals surface area contributed by atoms with Crippen LogP contribution in [0.15, 0.2) is 41.1 Å². The quantitative estimate of drug-likeness (QED) is 0.745. The molecule has 0 aliphatic rings. The summed E-state index contributed by atoms with van der Waals surface area (Å²) in [4.78, 5) is 0. The molecule has 0 bridgehead atoms. The van der Waals surface area contributed by atoms with Crippen LogP contribution in [0.3, 0.4) is 0 Å². The van der Waals surface area contributed by atoms with Crippen LogP contribution in [0.1, 0.15) is 5.56 Å². The minimum absolute atomic E-state index is 0.969. The highest BCUT2D eigenvalue weighted by Crippen LogP contribution is 2.15. The molecule has 1 heterocycles. The monoisotopic (exact) mass is 236 g/mol. The number of hydrogen-bond donors (Lipinski definition) is 0. The lowest BCUT2D eigenvalue weighted by Gasteiger charge is -2.02. The van der Waals surface area contributed by atoms with Crippen molar-refractivity contribution in [3.8, 4) is 5.69 Å². The van der Waals surface area contributed by atoms with Gasteiger partial charge in [-0.15, -0.1) is 0 Å². The Morgan fingerprint density at radius 3 is 2.38 bits per heavy atom. The van der Waals surface area contributed by atoms with Crippen molar-refractivity contribution in [3.05, 3.63) is 46.7 Å². The van der Waals surface area contributed by atoms with Crippen molar-refractivity contribution in [3.63, 3.8) is 0 Å². The third kappa shape index (κ3) is 1.65. The minimum Gasteiger partial charge on any atom is -0.227 e. The second kappa shape index (κ2) is 3.34. The van der Waals surface area contributed by atoms with Crippen LogP contribution in [0.25, 0.3) is 5.69 Å². The first-order valence-corrected chi connectivity index (χ1v) is 4.83. The highest BCUT2D eigenvalue weighted by molar-refractivity contribution is 9.10. The van der Waals surface area contributed by atoms with Crippen LogP contribution in [0.5, 0.6) is 0 Å². The van der Waals surface area contributed by atoms with E-state index in [1.807, 2.05) is 22.9 Å². The van der Waals surface area contributed by atoms with Crippen LogP contribution in [-0.2, 0) is 0 Å². The maximum absolute atomic E-state index is 4.19. The number of hydrogen-bond acceptors (Lipinski definition) is 1. The van der Waals surface area contributed by atoms with E-state index in [0.717, 1.165) is 10.3 Å². The summed E-state index contributed by atoms with van der Waals surface area (Å²) in [6.45, 7) is 2.07. The summed E-state index contributed by atoms with van der Waals surface area (Å²) in [5.74, 6) is 0. The van der Waals surface area contributed by atoms with Gasteiger partial charge in [0.25, 0.3) is 0 Å². The van der Waals surface area contributed by atoms with Gasteiger partial charge in [0.15, 0.2) is 0 Å². The molecule has 0 radical (unpaired) electrons. The SMILES string of the molecule is Cc1ccc(-n2nccc2Br)cc1. The van der Waals surface area contributed by atoms with Crippen molar-refractivity contribution in [2.45, 2.75) is 6.92 Å². The van der Waals surface area contributed by atoms with Gasteiger partial charge >= 0.3 is 0 Å². The van der Waals surface area contributed by atoms with Crippen molar-refractivity contribution < 1.29 is 0 Å². The zero-order valence-electron chi connectivity index (χ0n) is 7.24. The second-order valence-corrected chi connectivity index (χ2v) is 3.71. The van der Waals surface area contributed by atoms with E-state index in [4.69, 9.17) is 0 Å². The molecule has 1 aromatic heterocycles. The Kier molecular flexibility index (Phi) is 2.19. The summed E-state index contributed by atoms with van der Waals surface area (Å²) in [5, 5.41) is 4.19. The Morgan fingerprint density at radius 2 is 1.85 bits per heavy atom. The molecule has 3 heteroatoms. The summed E-state index contributed by atoms with van der Waals surface area (Å²) < 4.78 is 2.82. The minimum atomic E-state index is 0.969. The van der Waals surface area contributed by atoms with E-state index in [1.54, 1.807) is 6.20 Å². The standard InChI is InChI=1S/C10H9BrN2/c1-8-2-4-9(5-3-8)13-10(11)6-7-12-13/h2-7H,1H3. The van der Waals surface area contributed by atoms with E-state index >= 15 is 0 Å². The number of benzene rings is 1. The van der Waals surface area contributed by atoms with E-state index in [1.165, 1.54) is 5.56 Å². The van der Waals surface area contributed by atoms with Crippen LogP contribution < -0.4 is 0 Å². The van der Waals surface area contributed by atoms with Crippen LogP contribution in [-0.4, -0.2) is 9.78 Å². The molecule has 2 rings (SSSR count). The summed E-state index contributed by atoms with van der Waals surface area (Å²) in [6, 6.07) is 10.2. The topological polar surface area (TPSA) is 17.8 Å². The Balaban J connectivity index is 2.47. The van der Waals surface area contributed by atoms with Crippen molar-refractivity contribution in [2.24, 2.45) is 0 Å². The van der Waals surface area contributed by atoms with Crippen LogP contribution in [0.2, 0.25) is 0 Å². The number of halogens is 1. The predicted molar refractivity (Wildman–Crippen MR) is 56.0 cm³/mol. The van der Waals surface area contributed by atoms with Gasteiger partial charge in [0.05, 0.1) is 11.9 Å². The summed E-state index contributed by atoms with van der Waals surface area (Å²) in [6.07, 6.45) is 1.77. The normalized spacial score (nSPS) is 10.3. The largest absolute Gasteiger partial charge is 0.227 e. The molecule has 2 aromatic rings. The molecule has 0 aliphatic heterocycles. The van der Waals surface area contributed by atoms with E-state index in [-0.39, 0.29) is 0 Å². The number of aromatic nitrogens is 2. The Labute approximate surface area is 85.3 Å². The van der Waals surface area contributed by atoms with E-state index in [2.05, 4.69) is 40.1 Å². The lowest BCUT2D eigenvalue weighted by molar-refractivity contribution is 0.860. The van der Waals surface area contributed by atoms with E-state index in [9.17, 15) is 0 Å². The predicted octanol–water partition coefficient (Wildman–Crippen LogP) is 2.94. The Bertz CT molecular complexity index is 403. The molecule has 0 saturated heterocycles. The average molecular weight is 237 g/mol. The molecule has 0 saturated carbocycles. The molecule has 0 fully saturated rings. The molecular weight excluding hydrogens is 228 g/mol. The van der Waals surface area contributed by atoms with Crippen molar-refractivity contribution in [2.75, 3.05) is 0 Å². The molecule has 13 heavy (non-hydrogen) atoms. The molecule has 0 atom stereocenters. The maximum Gasteiger partial charge on any atom is 0.109 e. The lowest BCUT2D eigenvalue weighted by Crippen LogP contribution is -1.95. The van der Waals surface area contributed by atoms with Crippen LogP contribution >= 0.6 is 15.9 Å². The Morgan fingerprint density at radius 1 is 1.15 bits per heavy atom. The van der Waals surface area contributed by atoms with Gasteiger partial charge in [-0.2, -0.15) is 5.10 Å². The maximum atomic E-state index is 4.19. The van der Waals surface area contributed by atoms with Gasteiger partial charge in [-0.05, 0) is 41.1 Å². The smallest absolute Gasteiger partial charge is 0.109 e.